The Morgan fingerprint density at radius 2 is 1.74 bits per heavy atom. The molecule has 1 unspecified atom stereocenters. The Hall–Kier alpha value is -1.67. The molecule has 2 heteroatoms. The average Bonchev–Trinajstić information content (AvgIpc) is 2.33. The molecular formula is C17H20FN. The van der Waals surface area contributed by atoms with E-state index >= 15 is 0 Å². The molecular weight excluding hydrogens is 237 g/mol. The number of hydrogen-bond acceptors (Lipinski definition) is 1. The van der Waals surface area contributed by atoms with Crippen molar-refractivity contribution in [2.45, 2.75) is 33.2 Å². The number of aryl methyl sites for hydroxylation is 3. The fourth-order valence-electron chi connectivity index (χ4n) is 2.23. The molecule has 0 fully saturated rings. The van der Waals surface area contributed by atoms with Crippen molar-refractivity contribution in [3.05, 3.63) is 70.0 Å². The Morgan fingerprint density at radius 3 is 2.37 bits per heavy atom. The summed E-state index contributed by atoms with van der Waals surface area (Å²) in [5.74, 6) is -0.212. The van der Waals surface area contributed by atoms with Crippen LogP contribution >= 0.6 is 0 Å². The Morgan fingerprint density at radius 1 is 1.00 bits per heavy atom. The van der Waals surface area contributed by atoms with E-state index < -0.39 is 0 Å². The first-order valence-corrected chi connectivity index (χ1v) is 6.55. The molecule has 0 aliphatic rings. The fraction of sp³-hybridized carbons (Fsp3) is 0.294. The minimum Gasteiger partial charge on any atom is -0.324 e. The summed E-state index contributed by atoms with van der Waals surface area (Å²) in [5, 5.41) is 0. The average molecular weight is 257 g/mol. The van der Waals surface area contributed by atoms with Gasteiger partial charge >= 0.3 is 0 Å². The first-order valence-electron chi connectivity index (χ1n) is 6.55. The lowest BCUT2D eigenvalue weighted by Gasteiger charge is -2.14. The van der Waals surface area contributed by atoms with Gasteiger partial charge in [-0.25, -0.2) is 4.39 Å². The van der Waals surface area contributed by atoms with E-state index in [2.05, 4.69) is 32.0 Å². The van der Waals surface area contributed by atoms with Crippen molar-refractivity contribution in [2.24, 2.45) is 5.73 Å². The second-order valence-corrected chi connectivity index (χ2v) is 5.25. The summed E-state index contributed by atoms with van der Waals surface area (Å²) in [5.41, 5.74) is 11.3. The molecule has 0 aliphatic carbocycles. The molecule has 19 heavy (non-hydrogen) atoms. The largest absolute Gasteiger partial charge is 0.324 e. The quantitative estimate of drug-likeness (QED) is 0.884. The van der Waals surface area contributed by atoms with Crippen molar-refractivity contribution in [3.8, 4) is 0 Å². The summed E-state index contributed by atoms with van der Waals surface area (Å²) in [6.45, 7) is 6.04. The highest BCUT2D eigenvalue weighted by Gasteiger charge is 2.12. The van der Waals surface area contributed by atoms with Gasteiger partial charge in [0, 0.05) is 11.6 Å². The monoisotopic (exact) mass is 257 g/mol. The van der Waals surface area contributed by atoms with E-state index in [1.54, 1.807) is 6.07 Å². The van der Waals surface area contributed by atoms with Gasteiger partial charge in [0.05, 0.1) is 0 Å². The standard InChI is InChI=1S/C17H20FN/c1-11-4-7-15(16(18)8-11)17(19)10-14-6-5-12(2)13(3)9-14/h4-9,17H,10,19H2,1-3H3. The molecule has 2 N–H and O–H groups in total. The number of halogens is 1. The van der Waals surface area contributed by atoms with Crippen LogP contribution in [0.5, 0.6) is 0 Å². The van der Waals surface area contributed by atoms with E-state index in [1.807, 2.05) is 13.0 Å². The molecule has 1 nitrogen and oxygen atoms in total. The van der Waals surface area contributed by atoms with E-state index in [4.69, 9.17) is 5.73 Å². The van der Waals surface area contributed by atoms with Gasteiger partial charge in [-0.15, -0.1) is 0 Å². The molecule has 0 amide bonds. The summed E-state index contributed by atoms with van der Waals surface area (Å²) in [6, 6.07) is 11.2. The van der Waals surface area contributed by atoms with Crippen LogP contribution in [0.2, 0.25) is 0 Å². The van der Waals surface area contributed by atoms with Crippen molar-refractivity contribution in [1.82, 2.24) is 0 Å². The normalized spacial score (nSPS) is 12.5. The van der Waals surface area contributed by atoms with Crippen LogP contribution in [0.25, 0.3) is 0 Å². The van der Waals surface area contributed by atoms with Crippen molar-refractivity contribution < 1.29 is 4.39 Å². The van der Waals surface area contributed by atoms with Crippen LogP contribution in [0.1, 0.15) is 33.9 Å². The lowest BCUT2D eigenvalue weighted by atomic mass is 9.96. The third-order valence-corrected chi connectivity index (χ3v) is 3.58. The SMILES string of the molecule is Cc1ccc(C(N)Cc2ccc(C)c(C)c2)c(F)c1. The zero-order chi connectivity index (χ0) is 14.0. The highest BCUT2D eigenvalue weighted by Crippen LogP contribution is 2.21. The molecule has 0 heterocycles. The van der Waals surface area contributed by atoms with Gasteiger partial charge in [0.25, 0.3) is 0 Å². The Kier molecular flexibility index (Phi) is 4.01. The zero-order valence-electron chi connectivity index (χ0n) is 11.7. The van der Waals surface area contributed by atoms with Gasteiger partial charge in [-0.3, -0.25) is 0 Å². The van der Waals surface area contributed by atoms with Gasteiger partial charge in [0.1, 0.15) is 5.82 Å². The molecule has 0 radical (unpaired) electrons. The maximum atomic E-state index is 13.9. The predicted molar refractivity (Wildman–Crippen MR) is 77.7 cm³/mol. The van der Waals surface area contributed by atoms with Crippen LogP contribution < -0.4 is 5.73 Å². The Labute approximate surface area is 114 Å². The van der Waals surface area contributed by atoms with E-state index in [0.29, 0.717) is 12.0 Å². The van der Waals surface area contributed by atoms with Gasteiger partial charge < -0.3 is 5.73 Å². The smallest absolute Gasteiger partial charge is 0.128 e. The minimum atomic E-state index is -0.303. The van der Waals surface area contributed by atoms with E-state index in [-0.39, 0.29) is 11.9 Å². The van der Waals surface area contributed by atoms with Crippen molar-refractivity contribution in [1.29, 1.82) is 0 Å². The maximum absolute atomic E-state index is 13.9. The maximum Gasteiger partial charge on any atom is 0.128 e. The third-order valence-electron chi connectivity index (χ3n) is 3.58. The lowest BCUT2D eigenvalue weighted by Crippen LogP contribution is -2.15. The summed E-state index contributed by atoms with van der Waals surface area (Å²) in [4.78, 5) is 0. The molecule has 0 aliphatic heterocycles. The second-order valence-electron chi connectivity index (χ2n) is 5.25. The molecule has 0 saturated heterocycles. The van der Waals surface area contributed by atoms with Crippen LogP contribution in [0, 0.1) is 26.6 Å². The van der Waals surface area contributed by atoms with Crippen LogP contribution in [-0.4, -0.2) is 0 Å². The summed E-state index contributed by atoms with van der Waals surface area (Å²) in [6.07, 6.45) is 0.654. The van der Waals surface area contributed by atoms with Crippen molar-refractivity contribution >= 4 is 0 Å². The van der Waals surface area contributed by atoms with E-state index in [9.17, 15) is 4.39 Å². The van der Waals surface area contributed by atoms with E-state index in [1.165, 1.54) is 17.2 Å². The van der Waals surface area contributed by atoms with Gasteiger partial charge in [-0.2, -0.15) is 0 Å². The number of nitrogens with two attached hydrogens (primary N) is 1. The van der Waals surface area contributed by atoms with Crippen molar-refractivity contribution in [3.63, 3.8) is 0 Å². The van der Waals surface area contributed by atoms with Gasteiger partial charge in [-0.1, -0.05) is 30.3 Å². The molecule has 2 aromatic rings. The van der Waals surface area contributed by atoms with Crippen LogP contribution in [0.4, 0.5) is 4.39 Å². The van der Waals surface area contributed by atoms with Crippen LogP contribution in [0.15, 0.2) is 36.4 Å². The Bertz CT molecular complexity index is 590. The summed E-state index contributed by atoms with van der Waals surface area (Å²) in [7, 11) is 0. The second kappa shape index (κ2) is 5.54. The number of hydrogen-bond donors (Lipinski definition) is 1. The third kappa shape index (κ3) is 3.21. The highest BCUT2D eigenvalue weighted by atomic mass is 19.1. The first kappa shape index (κ1) is 13.8. The highest BCUT2D eigenvalue weighted by molar-refractivity contribution is 5.32. The van der Waals surface area contributed by atoms with Crippen LogP contribution in [-0.2, 0) is 6.42 Å². The molecule has 0 saturated carbocycles. The molecule has 0 bridgehead atoms. The van der Waals surface area contributed by atoms with Crippen LogP contribution in [0.3, 0.4) is 0 Å². The molecule has 1 atom stereocenters. The Balaban J connectivity index is 2.20. The topological polar surface area (TPSA) is 26.0 Å². The molecule has 0 spiro atoms. The number of rotatable bonds is 3. The van der Waals surface area contributed by atoms with Crippen molar-refractivity contribution in [2.75, 3.05) is 0 Å². The molecule has 2 aromatic carbocycles. The molecule has 0 aromatic heterocycles. The van der Waals surface area contributed by atoms with E-state index in [0.717, 1.165) is 11.1 Å². The fourth-order valence-corrected chi connectivity index (χ4v) is 2.23. The number of benzene rings is 2. The summed E-state index contributed by atoms with van der Waals surface area (Å²) < 4.78 is 13.9. The first-order chi connectivity index (χ1) is 8.97. The predicted octanol–water partition coefficient (Wildman–Crippen LogP) is 3.99. The molecule has 100 valence electrons. The minimum absolute atomic E-state index is 0.212. The van der Waals surface area contributed by atoms with Gasteiger partial charge in [0.2, 0.25) is 0 Å². The van der Waals surface area contributed by atoms with Gasteiger partial charge in [0.15, 0.2) is 0 Å². The lowest BCUT2D eigenvalue weighted by molar-refractivity contribution is 0.579. The van der Waals surface area contributed by atoms with Gasteiger partial charge in [-0.05, 0) is 55.5 Å². The zero-order valence-corrected chi connectivity index (χ0v) is 11.7. The summed E-state index contributed by atoms with van der Waals surface area (Å²) >= 11 is 0. The molecule has 2 rings (SSSR count).